The number of Topliss-reactive ketones (excluding diaryl/α,β-unsaturated/α-hetero) is 1. The fraction of sp³-hybridized carbons (Fsp3) is 0.0476. The molecule has 0 amide bonds. The van der Waals surface area contributed by atoms with Crippen LogP contribution in [-0.2, 0) is 14.8 Å². The summed E-state index contributed by atoms with van der Waals surface area (Å²) >= 11 is 0. The Bertz CT molecular complexity index is 1220. The Labute approximate surface area is 177 Å². The van der Waals surface area contributed by atoms with E-state index in [2.05, 4.69) is 4.72 Å². The van der Waals surface area contributed by atoms with Gasteiger partial charge in [0.05, 0.1) is 15.4 Å². The molecule has 3 rings (SSSR count). The smallest absolute Gasteiger partial charge is 0.338 e. The summed E-state index contributed by atoms with van der Waals surface area (Å²) in [7, 11) is -3.77. The number of ketones is 1. The molecule has 0 aromatic heterocycles. The number of sulfonamides is 1. The number of carbonyl (C=O) groups is 2. The number of nitrogens with one attached hydrogen (secondary N) is 1. The summed E-state index contributed by atoms with van der Waals surface area (Å²) in [5.74, 6) is -1.39. The van der Waals surface area contributed by atoms with Crippen LogP contribution in [0.15, 0.2) is 83.8 Å². The number of carbonyl (C=O) groups excluding carboxylic acids is 2. The van der Waals surface area contributed by atoms with E-state index in [9.17, 15) is 28.1 Å². The number of hydrogen-bond donors (Lipinski definition) is 1. The Morgan fingerprint density at radius 1 is 0.903 bits per heavy atom. The number of rotatable bonds is 8. The Morgan fingerprint density at radius 2 is 1.58 bits per heavy atom. The van der Waals surface area contributed by atoms with Gasteiger partial charge in [0.25, 0.3) is 15.7 Å². The molecule has 0 unspecified atom stereocenters. The fourth-order valence-corrected chi connectivity index (χ4v) is 3.66. The molecule has 0 saturated carbocycles. The molecule has 158 valence electrons. The first kappa shape index (κ1) is 21.7. The number of hydrogen-bond acceptors (Lipinski definition) is 7. The number of benzene rings is 3. The lowest BCUT2D eigenvalue weighted by Gasteiger charge is -2.09. The number of esters is 1. The van der Waals surface area contributed by atoms with Crippen molar-refractivity contribution in [3.05, 3.63) is 100 Å². The largest absolute Gasteiger partial charge is 0.454 e. The van der Waals surface area contributed by atoms with Gasteiger partial charge < -0.3 is 4.74 Å². The van der Waals surface area contributed by atoms with Gasteiger partial charge in [-0.2, -0.15) is 0 Å². The van der Waals surface area contributed by atoms with Gasteiger partial charge in [0.1, 0.15) is 0 Å². The van der Waals surface area contributed by atoms with E-state index < -0.39 is 33.3 Å². The van der Waals surface area contributed by atoms with Crippen molar-refractivity contribution in [1.29, 1.82) is 0 Å². The molecule has 0 radical (unpaired) electrons. The molecular weight excluding hydrogens is 424 g/mol. The Kier molecular flexibility index (Phi) is 6.41. The molecule has 1 N–H and O–H groups in total. The minimum atomic E-state index is -3.77. The van der Waals surface area contributed by atoms with E-state index in [1.807, 2.05) is 0 Å². The molecule has 0 aliphatic rings. The third-order valence-corrected chi connectivity index (χ3v) is 5.54. The van der Waals surface area contributed by atoms with Crippen molar-refractivity contribution in [2.75, 3.05) is 11.3 Å². The second-order valence-electron chi connectivity index (χ2n) is 6.30. The van der Waals surface area contributed by atoms with Gasteiger partial charge in [0.15, 0.2) is 6.61 Å². The van der Waals surface area contributed by atoms with E-state index in [1.54, 1.807) is 18.2 Å². The molecular formula is C21H16N2O7S. The van der Waals surface area contributed by atoms with E-state index >= 15 is 0 Å². The molecule has 0 bridgehead atoms. The van der Waals surface area contributed by atoms with Crippen molar-refractivity contribution in [3.8, 4) is 0 Å². The summed E-state index contributed by atoms with van der Waals surface area (Å²) in [5.41, 5.74) is 0.154. The number of non-ortho nitro benzene ring substituents is 1. The maximum absolute atomic E-state index is 12.3. The highest BCUT2D eigenvalue weighted by molar-refractivity contribution is 7.92. The third-order valence-electron chi connectivity index (χ3n) is 4.14. The third kappa shape index (κ3) is 5.52. The fourth-order valence-electron chi connectivity index (χ4n) is 2.58. The maximum Gasteiger partial charge on any atom is 0.338 e. The second kappa shape index (κ2) is 9.18. The Hall–Kier alpha value is -4.05. The highest BCUT2D eigenvalue weighted by Gasteiger charge is 2.16. The summed E-state index contributed by atoms with van der Waals surface area (Å²) < 4.78 is 32.0. The van der Waals surface area contributed by atoms with Gasteiger partial charge in [-0.15, -0.1) is 0 Å². The van der Waals surface area contributed by atoms with E-state index in [4.69, 9.17) is 4.74 Å². The van der Waals surface area contributed by atoms with Crippen LogP contribution >= 0.6 is 0 Å². The first-order valence-electron chi connectivity index (χ1n) is 8.89. The molecule has 3 aromatic rings. The molecule has 10 heteroatoms. The van der Waals surface area contributed by atoms with Gasteiger partial charge in [0, 0.05) is 23.4 Å². The summed E-state index contributed by atoms with van der Waals surface area (Å²) in [6.07, 6.45) is 0. The Balaban J connectivity index is 1.61. The van der Waals surface area contributed by atoms with Crippen molar-refractivity contribution < 1.29 is 27.7 Å². The van der Waals surface area contributed by atoms with Crippen molar-refractivity contribution in [2.24, 2.45) is 0 Å². The number of anilines is 1. The van der Waals surface area contributed by atoms with E-state index in [0.717, 1.165) is 6.07 Å². The lowest BCUT2D eigenvalue weighted by molar-refractivity contribution is -0.384. The van der Waals surface area contributed by atoms with Crippen LogP contribution in [0.5, 0.6) is 0 Å². The Morgan fingerprint density at radius 3 is 2.23 bits per heavy atom. The predicted octanol–water partition coefficient (Wildman–Crippen LogP) is 3.44. The van der Waals surface area contributed by atoms with Crippen LogP contribution in [0.25, 0.3) is 0 Å². The monoisotopic (exact) mass is 440 g/mol. The van der Waals surface area contributed by atoms with Crippen LogP contribution in [0.3, 0.4) is 0 Å². The topological polar surface area (TPSA) is 133 Å². The van der Waals surface area contributed by atoms with Crippen LogP contribution in [0.1, 0.15) is 20.7 Å². The molecule has 0 heterocycles. The van der Waals surface area contributed by atoms with E-state index in [-0.39, 0.29) is 27.4 Å². The lowest BCUT2D eigenvalue weighted by atomic mass is 10.1. The molecule has 3 aromatic carbocycles. The summed E-state index contributed by atoms with van der Waals surface area (Å²) in [4.78, 5) is 34.5. The first-order valence-corrected chi connectivity index (χ1v) is 10.4. The number of nitrogens with zero attached hydrogens (tertiary/aromatic N) is 1. The minimum Gasteiger partial charge on any atom is -0.454 e. The lowest BCUT2D eigenvalue weighted by Crippen LogP contribution is -2.15. The quantitative estimate of drug-likeness (QED) is 0.245. The van der Waals surface area contributed by atoms with Gasteiger partial charge in [-0.3, -0.25) is 19.6 Å². The second-order valence-corrected chi connectivity index (χ2v) is 7.99. The molecule has 0 saturated heterocycles. The molecule has 9 nitrogen and oxygen atoms in total. The average Bonchev–Trinajstić information content (AvgIpc) is 2.78. The van der Waals surface area contributed by atoms with Gasteiger partial charge in [-0.25, -0.2) is 13.2 Å². The highest BCUT2D eigenvalue weighted by Crippen LogP contribution is 2.17. The van der Waals surface area contributed by atoms with Crippen LogP contribution < -0.4 is 4.72 Å². The van der Waals surface area contributed by atoms with Crippen molar-refractivity contribution in [3.63, 3.8) is 0 Å². The highest BCUT2D eigenvalue weighted by atomic mass is 32.2. The van der Waals surface area contributed by atoms with Gasteiger partial charge in [-0.1, -0.05) is 30.3 Å². The molecule has 0 aliphatic heterocycles. The summed E-state index contributed by atoms with van der Waals surface area (Å²) in [6, 6.07) is 18.4. The zero-order chi connectivity index (χ0) is 22.4. The standard InChI is InChI=1S/C21H16N2O7S/c24-20(16-5-4-6-18(13-16)23(26)27)14-30-21(25)15-9-11-17(12-10-15)22-31(28,29)19-7-2-1-3-8-19/h1-13,22H,14H2. The SMILES string of the molecule is O=C(COC(=O)c1ccc(NS(=O)(=O)c2ccccc2)cc1)c1cccc([N+](=O)[O-])c1. The van der Waals surface area contributed by atoms with Gasteiger partial charge >= 0.3 is 5.97 Å². The number of nitro groups is 1. The van der Waals surface area contributed by atoms with Crippen LogP contribution in [0.4, 0.5) is 11.4 Å². The number of nitro benzene ring substituents is 1. The summed E-state index contributed by atoms with van der Waals surface area (Å²) in [5, 5.41) is 10.8. The van der Waals surface area contributed by atoms with Crippen molar-refractivity contribution in [1.82, 2.24) is 0 Å². The normalized spacial score (nSPS) is 10.8. The minimum absolute atomic E-state index is 0.0488. The molecule has 0 fully saturated rings. The average molecular weight is 440 g/mol. The van der Waals surface area contributed by atoms with E-state index in [1.165, 1.54) is 54.6 Å². The van der Waals surface area contributed by atoms with Crippen molar-refractivity contribution in [2.45, 2.75) is 4.90 Å². The molecule has 0 atom stereocenters. The van der Waals surface area contributed by atoms with E-state index in [0.29, 0.717) is 0 Å². The zero-order valence-corrected chi connectivity index (χ0v) is 16.7. The van der Waals surface area contributed by atoms with Gasteiger partial charge in [0.2, 0.25) is 5.78 Å². The van der Waals surface area contributed by atoms with Gasteiger partial charge in [-0.05, 0) is 36.4 Å². The maximum atomic E-state index is 12.3. The molecule has 0 spiro atoms. The predicted molar refractivity (Wildman–Crippen MR) is 111 cm³/mol. The van der Waals surface area contributed by atoms with Crippen LogP contribution in [0, 0.1) is 10.1 Å². The molecule has 31 heavy (non-hydrogen) atoms. The molecule has 0 aliphatic carbocycles. The first-order chi connectivity index (χ1) is 14.8. The zero-order valence-electron chi connectivity index (χ0n) is 15.9. The van der Waals surface area contributed by atoms with Crippen LogP contribution in [0.2, 0.25) is 0 Å². The van der Waals surface area contributed by atoms with Crippen molar-refractivity contribution >= 4 is 33.2 Å². The van der Waals surface area contributed by atoms with Crippen LogP contribution in [-0.4, -0.2) is 31.7 Å². The summed E-state index contributed by atoms with van der Waals surface area (Å²) in [6.45, 7) is -0.595. The number of ether oxygens (including phenoxy) is 1.